The molecular formula is C10H17ClN2O. The first-order valence-electron chi connectivity index (χ1n) is 4.34. The molecule has 1 aromatic heterocycles. The Labute approximate surface area is 90.8 Å². The number of pyridine rings is 1. The number of rotatable bonds is 3. The molecule has 1 atom stereocenters. The highest BCUT2D eigenvalue weighted by molar-refractivity contribution is 5.85. The van der Waals surface area contributed by atoms with Crippen LogP contribution in [0.5, 0.6) is 0 Å². The van der Waals surface area contributed by atoms with Crippen LogP contribution in [0.2, 0.25) is 0 Å². The fourth-order valence-corrected chi connectivity index (χ4v) is 1.12. The van der Waals surface area contributed by atoms with E-state index in [1.807, 2.05) is 26.0 Å². The Morgan fingerprint density at radius 2 is 1.93 bits per heavy atom. The summed E-state index contributed by atoms with van der Waals surface area (Å²) in [7, 11) is 0. The van der Waals surface area contributed by atoms with Crippen LogP contribution in [0.15, 0.2) is 24.5 Å². The predicted octanol–water partition coefficient (Wildman–Crippen LogP) is 1.52. The second kappa shape index (κ2) is 5.29. The number of nitrogens with zero attached hydrogens (tertiary/aromatic N) is 1. The summed E-state index contributed by atoms with van der Waals surface area (Å²) in [6.45, 7) is 3.96. The van der Waals surface area contributed by atoms with Crippen molar-refractivity contribution >= 4 is 12.4 Å². The first-order chi connectivity index (χ1) is 6.08. The molecule has 0 radical (unpaired) electrons. The molecule has 0 aliphatic carbocycles. The third kappa shape index (κ3) is 2.94. The van der Waals surface area contributed by atoms with Crippen molar-refractivity contribution in [1.82, 2.24) is 4.98 Å². The normalized spacial score (nSPS) is 13.1. The quantitative estimate of drug-likeness (QED) is 0.806. The summed E-state index contributed by atoms with van der Waals surface area (Å²) in [6.07, 6.45) is 3.42. The molecule has 0 aromatic carbocycles. The molecule has 1 aromatic rings. The molecule has 1 heterocycles. The Kier molecular flexibility index (Phi) is 5.05. The Morgan fingerprint density at radius 1 is 1.43 bits per heavy atom. The van der Waals surface area contributed by atoms with Crippen LogP contribution in [0.1, 0.15) is 25.5 Å². The van der Waals surface area contributed by atoms with E-state index >= 15 is 0 Å². The average Bonchev–Trinajstić information content (AvgIpc) is 2.18. The Balaban J connectivity index is 0.00000169. The molecule has 0 saturated heterocycles. The van der Waals surface area contributed by atoms with Gasteiger partial charge in [-0.05, 0) is 17.7 Å². The zero-order valence-electron chi connectivity index (χ0n) is 8.47. The van der Waals surface area contributed by atoms with Gasteiger partial charge in [-0.15, -0.1) is 12.4 Å². The number of hydrogen-bond acceptors (Lipinski definition) is 3. The first kappa shape index (κ1) is 13.4. The summed E-state index contributed by atoms with van der Waals surface area (Å²) in [4.78, 5) is 3.92. The molecule has 3 N–H and O–H groups in total. The van der Waals surface area contributed by atoms with Crippen LogP contribution in [0, 0.1) is 5.41 Å². The molecule has 3 nitrogen and oxygen atoms in total. The van der Waals surface area contributed by atoms with Crippen LogP contribution in [-0.4, -0.2) is 16.7 Å². The molecule has 0 unspecified atom stereocenters. The van der Waals surface area contributed by atoms with Crippen molar-refractivity contribution in [2.45, 2.75) is 19.9 Å². The van der Waals surface area contributed by atoms with Gasteiger partial charge in [0, 0.05) is 30.5 Å². The topological polar surface area (TPSA) is 59.1 Å². The van der Waals surface area contributed by atoms with E-state index in [1.54, 1.807) is 12.4 Å². The van der Waals surface area contributed by atoms with Gasteiger partial charge in [0.2, 0.25) is 0 Å². The van der Waals surface area contributed by atoms with Gasteiger partial charge in [0.25, 0.3) is 0 Å². The van der Waals surface area contributed by atoms with Gasteiger partial charge in [-0.3, -0.25) is 4.98 Å². The summed E-state index contributed by atoms with van der Waals surface area (Å²) in [6, 6.07) is 3.60. The van der Waals surface area contributed by atoms with E-state index in [9.17, 15) is 0 Å². The van der Waals surface area contributed by atoms with Crippen LogP contribution < -0.4 is 5.73 Å². The van der Waals surface area contributed by atoms with E-state index in [0.29, 0.717) is 0 Å². The minimum absolute atomic E-state index is 0. The highest BCUT2D eigenvalue weighted by atomic mass is 35.5. The van der Waals surface area contributed by atoms with Crippen LogP contribution in [0.3, 0.4) is 0 Å². The second-order valence-corrected chi connectivity index (χ2v) is 3.90. The Bertz CT molecular complexity index is 264. The van der Waals surface area contributed by atoms with Crippen LogP contribution in [-0.2, 0) is 0 Å². The monoisotopic (exact) mass is 216 g/mol. The number of aliphatic hydroxyl groups is 1. The molecule has 0 saturated carbocycles. The minimum atomic E-state index is -0.290. The third-order valence-electron chi connectivity index (χ3n) is 2.31. The molecule has 0 aliphatic rings. The highest BCUT2D eigenvalue weighted by Gasteiger charge is 2.26. The lowest BCUT2D eigenvalue weighted by Gasteiger charge is -2.29. The lowest BCUT2D eigenvalue weighted by atomic mass is 9.82. The lowest BCUT2D eigenvalue weighted by molar-refractivity contribution is 0.132. The first-order valence-corrected chi connectivity index (χ1v) is 4.34. The van der Waals surface area contributed by atoms with Crippen LogP contribution in [0.4, 0.5) is 0 Å². The minimum Gasteiger partial charge on any atom is -0.396 e. The largest absolute Gasteiger partial charge is 0.396 e. The van der Waals surface area contributed by atoms with Crippen molar-refractivity contribution in [1.29, 1.82) is 0 Å². The number of aliphatic hydroxyl groups excluding tert-OH is 1. The maximum Gasteiger partial charge on any atom is 0.0500 e. The molecule has 0 amide bonds. The SMILES string of the molecule is CC(C)(CO)[C@H](N)c1ccncc1.Cl. The summed E-state index contributed by atoms with van der Waals surface area (Å²) >= 11 is 0. The van der Waals surface area contributed by atoms with Crippen molar-refractivity contribution in [2.24, 2.45) is 11.1 Å². The zero-order chi connectivity index (χ0) is 9.90. The van der Waals surface area contributed by atoms with Gasteiger partial charge >= 0.3 is 0 Å². The number of aromatic nitrogens is 1. The molecule has 14 heavy (non-hydrogen) atoms. The number of nitrogens with two attached hydrogens (primary N) is 1. The predicted molar refractivity (Wildman–Crippen MR) is 59.3 cm³/mol. The molecular weight excluding hydrogens is 200 g/mol. The Hall–Kier alpha value is -0.640. The molecule has 80 valence electrons. The van der Waals surface area contributed by atoms with E-state index in [4.69, 9.17) is 10.8 Å². The standard InChI is InChI=1S/C10H16N2O.ClH/c1-10(2,7-13)9(11)8-3-5-12-6-4-8;/h3-6,9,13H,7,11H2,1-2H3;1H/t9-;/m1./s1. The van der Waals surface area contributed by atoms with Crippen molar-refractivity contribution in [3.8, 4) is 0 Å². The van der Waals surface area contributed by atoms with Crippen LogP contribution >= 0.6 is 12.4 Å². The molecule has 0 aliphatic heterocycles. The molecule has 0 fully saturated rings. The zero-order valence-corrected chi connectivity index (χ0v) is 9.29. The van der Waals surface area contributed by atoms with Gasteiger partial charge < -0.3 is 10.8 Å². The van der Waals surface area contributed by atoms with Gasteiger partial charge in [0.05, 0.1) is 0 Å². The number of hydrogen-bond donors (Lipinski definition) is 2. The van der Waals surface area contributed by atoms with Gasteiger partial charge in [-0.2, -0.15) is 0 Å². The summed E-state index contributed by atoms with van der Waals surface area (Å²) in [5, 5.41) is 9.13. The van der Waals surface area contributed by atoms with E-state index < -0.39 is 0 Å². The highest BCUT2D eigenvalue weighted by Crippen LogP contribution is 2.29. The van der Waals surface area contributed by atoms with Crippen molar-refractivity contribution in [3.05, 3.63) is 30.1 Å². The average molecular weight is 217 g/mol. The summed E-state index contributed by atoms with van der Waals surface area (Å²) < 4.78 is 0. The molecule has 0 spiro atoms. The van der Waals surface area contributed by atoms with Crippen molar-refractivity contribution < 1.29 is 5.11 Å². The van der Waals surface area contributed by atoms with E-state index in [1.165, 1.54) is 0 Å². The molecule has 4 heteroatoms. The second-order valence-electron chi connectivity index (χ2n) is 3.90. The molecule has 0 bridgehead atoms. The van der Waals surface area contributed by atoms with Gasteiger partial charge in [-0.25, -0.2) is 0 Å². The molecule has 1 rings (SSSR count). The van der Waals surface area contributed by atoms with Gasteiger partial charge in [0.15, 0.2) is 0 Å². The number of halogens is 1. The summed E-state index contributed by atoms with van der Waals surface area (Å²) in [5.41, 5.74) is 6.71. The maximum absolute atomic E-state index is 9.13. The van der Waals surface area contributed by atoms with Gasteiger partial charge in [-0.1, -0.05) is 13.8 Å². The van der Waals surface area contributed by atoms with Crippen molar-refractivity contribution in [3.63, 3.8) is 0 Å². The van der Waals surface area contributed by atoms with Gasteiger partial charge in [0.1, 0.15) is 0 Å². The smallest absolute Gasteiger partial charge is 0.0500 e. The van der Waals surface area contributed by atoms with E-state index in [0.717, 1.165) is 5.56 Å². The van der Waals surface area contributed by atoms with Crippen LogP contribution in [0.25, 0.3) is 0 Å². The fraction of sp³-hybridized carbons (Fsp3) is 0.500. The lowest BCUT2D eigenvalue weighted by Crippen LogP contribution is -2.32. The Morgan fingerprint density at radius 3 is 2.36 bits per heavy atom. The van der Waals surface area contributed by atoms with E-state index in [2.05, 4.69) is 4.98 Å². The summed E-state index contributed by atoms with van der Waals surface area (Å²) in [5.74, 6) is 0. The van der Waals surface area contributed by atoms with Crippen molar-refractivity contribution in [2.75, 3.05) is 6.61 Å². The maximum atomic E-state index is 9.13. The third-order valence-corrected chi connectivity index (χ3v) is 2.31. The fourth-order valence-electron chi connectivity index (χ4n) is 1.12. The van der Waals surface area contributed by atoms with E-state index in [-0.39, 0.29) is 30.5 Å².